The van der Waals surface area contributed by atoms with Crippen LogP contribution < -0.4 is 14.2 Å². The number of esters is 1. The second kappa shape index (κ2) is 11.9. The van der Waals surface area contributed by atoms with Crippen LogP contribution in [0.15, 0.2) is 84.9 Å². The molecule has 0 bridgehead atoms. The van der Waals surface area contributed by atoms with Gasteiger partial charge in [-0.2, -0.15) is 0 Å². The van der Waals surface area contributed by atoms with Gasteiger partial charge in [-0.3, -0.25) is 0 Å². The van der Waals surface area contributed by atoms with E-state index in [1.807, 2.05) is 55.5 Å². The smallest absolute Gasteiger partial charge is 0.338 e. The molecule has 4 aromatic rings. The van der Waals surface area contributed by atoms with Crippen molar-refractivity contribution in [1.82, 2.24) is 0 Å². The third-order valence-corrected chi connectivity index (χ3v) is 7.64. The van der Waals surface area contributed by atoms with Gasteiger partial charge in [0.05, 0.1) is 5.56 Å². The molecule has 1 unspecified atom stereocenters. The number of rotatable bonds is 9. The van der Waals surface area contributed by atoms with Crippen LogP contribution in [0, 0.1) is 20.8 Å². The first-order valence-corrected chi connectivity index (χ1v) is 13.8. The van der Waals surface area contributed by atoms with Gasteiger partial charge >= 0.3 is 5.97 Å². The molecule has 0 amide bonds. The molecule has 0 fully saturated rings. The van der Waals surface area contributed by atoms with Gasteiger partial charge in [-0.05, 0) is 92.6 Å². The molecule has 0 radical (unpaired) electrons. The molecular formula is C35H36O5. The van der Waals surface area contributed by atoms with Crippen LogP contribution in [-0.2, 0) is 24.4 Å². The highest BCUT2D eigenvalue weighted by Crippen LogP contribution is 2.44. The molecule has 1 aliphatic rings. The van der Waals surface area contributed by atoms with Gasteiger partial charge in [-0.1, -0.05) is 60.7 Å². The summed E-state index contributed by atoms with van der Waals surface area (Å²) in [5.41, 5.74) is 6.51. The van der Waals surface area contributed by atoms with E-state index in [9.17, 15) is 4.79 Å². The van der Waals surface area contributed by atoms with Crippen LogP contribution in [0.2, 0.25) is 0 Å². The van der Waals surface area contributed by atoms with Crippen LogP contribution in [0.25, 0.3) is 0 Å². The maximum Gasteiger partial charge on any atom is 0.338 e. The van der Waals surface area contributed by atoms with Crippen molar-refractivity contribution in [3.63, 3.8) is 0 Å². The van der Waals surface area contributed by atoms with Crippen LogP contribution in [0.5, 0.6) is 17.2 Å². The molecule has 0 saturated carbocycles. The Morgan fingerprint density at radius 2 is 1.38 bits per heavy atom. The van der Waals surface area contributed by atoms with Crippen molar-refractivity contribution in [2.75, 3.05) is 6.61 Å². The monoisotopic (exact) mass is 536 g/mol. The molecule has 0 N–H and O–H groups in total. The predicted molar refractivity (Wildman–Crippen MR) is 156 cm³/mol. The fourth-order valence-electron chi connectivity index (χ4n) is 5.06. The molecule has 5 heteroatoms. The summed E-state index contributed by atoms with van der Waals surface area (Å²) in [5, 5.41) is 0. The lowest BCUT2D eigenvalue weighted by Crippen LogP contribution is -2.42. The third kappa shape index (κ3) is 6.15. The summed E-state index contributed by atoms with van der Waals surface area (Å²) < 4.78 is 24.4. The standard InChI is InChI=1S/C35H36O5/c1-24-25(2)33-31(26(3)32(24)38-22-28-13-9-6-10-14-28)19-20-35(4,40-33)23-39-34(36)29-15-17-30(18-16-29)37-21-27-11-7-5-8-12-27/h5-18H,19-23H2,1-4H3. The van der Waals surface area contributed by atoms with Crippen LogP contribution in [0.3, 0.4) is 0 Å². The molecule has 4 aromatic carbocycles. The quantitative estimate of drug-likeness (QED) is 0.205. The van der Waals surface area contributed by atoms with Gasteiger partial charge in [0.25, 0.3) is 0 Å². The van der Waals surface area contributed by atoms with E-state index in [2.05, 4.69) is 32.9 Å². The number of ether oxygens (including phenoxy) is 4. The van der Waals surface area contributed by atoms with Crippen LogP contribution >= 0.6 is 0 Å². The summed E-state index contributed by atoms with van der Waals surface area (Å²) in [6, 6.07) is 27.2. The Morgan fingerprint density at radius 1 is 0.775 bits per heavy atom. The molecule has 1 heterocycles. The SMILES string of the molecule is Cc1c(C)c2c(c(C)c1OCc1ccccc1)CCC(C)(COC(=O)c1ccc(OCc3ccccc3)cc1)O2. The lowest BCUT2D eigenvalue weighted by molar-refractivity contribution is -0.0164. The topological polar surface area (TPSA) is 54.0 Å². The third-order valence-electron chi connectivity index (χ3n) is 7.64. The molecule has 0 aromatic heterocycles. The molecule has 5 nitrogen and oxygen atoms in total. The molecule has 1 atom stereocenters. The number of carbonyl (C=O) groups is 1. The van der Waals surface area contributed by atoms with Crippen molar-refractivity contribution < 1.29 is 23.7 Å². The summed E-state index contributed by atoms with van der Waals surface area (Å²) in [4.78, 5) is 12.8. The average molecular weight is 537 g/mol. The van der Waals surface area contributed by atoms with Gasteiger partial charge in [0, 0.05) is 5.56 Å². The maximum absolute atomic E-state index is 12.8. The Bertz CT molecular complexity index is 1460. The summed E-state index contributed by atoms with van der Waals surface area (Å²) in [6.45, 7) is 9.42. The largest absolute Gasteiger partial charge is 0.489 e. The first-order chi connectivity index (χ1) is 19.3. The minimum atomic E-state index is -0.614. The molecule has 1 aliphatic heterocycles. The van der Waals surface area contributed by atoms with E-state index in [0.29, 0.717) is 24.5 Å². The lowest BCUT2D eigenvalue weighted by Gasteiger charge is -2.37. The van der Waals surface area contributed by atoms with Gasteiger partial charge in [-0.15, -0.1) is 0 Å². The van der Waals surface area contributed by atoms with Crippen LogP contribution in [0.4, 0.5) is 0 Å². The highest BCUT2D eigenvalue weighted by molar-refractivity contribution is 5.89. The lowest BCUT2D eigenvalue weighted by atomic mass is 9.87. The first-order valence-electron chi connectivity index (χ1n) is 13.8. The summed E-state index contributed by atoms with van der Waals surface area (Å²) >= 11 is 0. The Hall–Kier alpha value is -4.25. The van der Waals surface area contributed by atoms with E-state index >= 15 is 0 Å². The number of benzene rings is 4. The minimum Gasteiger partial charge on any atom is -0.489 e. The zero-order valence-corrected chi connectivity index (χ0v) is 23.7. The number of hydrogen-bond donors (Lipinski definition) is 0. The molecule has 5 rings (SSSR count). The van der Waals surface area contributed by atoms with Gasteiger partial charge in [0.2, 0.25) is 0 Å². The Kier molecular flexibility index (Phi) is 8.11. The molecule has 206 valence electrons. The van der Waals surface area contributed by atoms with E-state index in [1.54, 1.807) is 24.3 Å². The second-order valence-corrected chi connectivity index (χ2v) is 10.7. The van der Waals surface area contributed by atoms with Gasteiger partial charge in [0.1, 0.15) is 42.7 Å². The normalized spacial score (nSPS) is 16.0. The van der Waals surface area contributed by atoms with Crippen LogP contribution in [0.1, 0.15) is 57.1 Å². The molecule has 0 saturated heterocycles. The van der Waals surface area contributed by atoms with Crippen molar-refractivity contribution in [2.45, 2.75) is 59.4 Å². The number of carbonyl (C=O) groups excluding carboxylic acids is 1. The van der Waals surface area contributed by atoms with E-state index in [4.69, 9.17) is 18.9 Å². The first kappa shape index (κ1) is 27.3. The molecular weight excluding hydrogens is 500 g/mol. The fraction of sp³-hybridized carbons (Fsp3) is 0.286. The van der Waals surface area contributed by atoms with Crippen LogP contribution in [-0.4, -0.2) is 18.2 Å². The van der Waals surface area contributed by atoms with Crippen molar-refractivity contribution in [1.29, 1.82) is 0 Å². The Morgan fingerprint density at radius 3 is 2.00 bits per heavy atom. The Balaban J connectivity index is 1.20. The maximum atomic E-state index is 12.8. The van der Waals surface area contributed by atoms with Crippen molar-refractivity contribution >= 4 is 5.97 Å². The molecule has 0 spiro atoms. The highest BCUT2D eigenvalue weighted by Gasteiger charge is 2.36. The van der Waals surface area contributed by atoms with Crippen molar-refractivity contribution in [3.8, 4) is 17.2 Å². The fourth-order valence-corrected chi connectivity index (χ4v) is 5.06. The number of hydrogen-bond acceptors (Lipinski definition) is 5. The van der Waals surface area contributed by atoms with Gasteiger partial charge < -0.3 is 18.9 Å². The zero-order valence-electron chi connectivity index (χ0n) is 23.7. The van der Waals surface area contributed by atoms with Gasteiger partial charge in [-0.25, -0.2) is 4.79 Å². The van der Waals surface area contributed by atoms with Crippen molar-refractivity contribution in [3.05, 3.63) is 124 Å². The van der Waals surface area contributed by atoms with E-state index < -0.39 is 5.60 Å². The molecule has 40 heavy (non-hydrogen) atoms. The van der Waals surface area contributed by atoms with Gasteiger partial charge in [0.15, 0.2) is 0 Å². The zero-order chi connectivity index (χ0) is 28.1. The number of fused-ring (bicyclic) bond motifs is 1. The van der Waals surface area contributed by atoms with E-state index in [-0.39, 0.29) is 12.6 Å². The molecule has 0 aliphatic carbocycles. The average Bonchev–Trinajstić information content (AvgIpc) is 2.99. The second-order valence-electron chi connectivity index (χ2n) is 10.7. The van der Waals surface area contributed by atoms with Crippen molar-refractivity contribution in [2.24, 2.45) is 0 Å². The van der Waals surface area contributed by atoms with E-state index in [1.165, 1.54) is 5.56 Å². The summed E-state index contributed by atoms with van der Waals surface area (Å²) in [7, 11) is 0. The predicted octanol–water partition coefficient (Wildman–Crippen LogP) is 7.71. The Labute approximate surface area is 236 Å². The van der Waals surface area contributed by atoms with E-state index in [0.717, 1.165) is 52.2 Å². The summed E-state index contributed by atoms with van der Waals surface area (Å²) in [5.74, 6) is 2.13. The minimum absolute atomic E-state index is 0.168. The summed E-state index contributed by atoms with van der Waals surface area (Å²) in [6.07, 6.45) is 1.56. The highest BCUT2D eigenvalue weighted by atomic mass is 16.6.